The molecule has 2 N–H and O–H groups in total. The average molecular weight is 291 g/mol. The Morgan fingerprint density at radius 3 is 2.50 bits per heavy atom. The van der Waals surface area contributed by atoms with Crippen molar-refractivity contribution in [2.75, 3.05) is 4.72 Å². The fourth-order valence-corrected chi connectivity index (χ4v) is 3.14. The van der Waals surface area contributed by atoms with Gasteiger partial charge in [0.1, 0.15) is 0 Å². The fraction of sp³-hybridized carbons (Fsp3) is 0.200. The van der Waals surface area contributed by atoms with E-state index >= 15 is 0 Å². The lowest BCUT2D eigenvalue weighted by Crippen LogP contribution is -2.14. The zero-order valence-electron chi connectivity index (χ0n) is 11.4. The van der Waals surface area contributed by atoms with Crippen LogP contribution in [-0.4, -0.2) is 13.5 Å². The molecule has 0 atom stereocenters. The minimum atomic E-state index is -3.64. The van der Waals surface area contributed by atoms with Crippen molar-refractivity contribution in [3.05, 3.63) is 59.2 Å². The van der Waals surface area contributed by atoms with Gasteiger partial charge in [-0.3, -0.25) is 4.72 Å². The van der Waals surface area contributed by atoms with Crippen LogP contribution in [0.3, 0.4) is 0 Å². The van der Waals surface area contributed by atoms with Crippen LogP contribution in [0.1, 0.15) is 16.7 Å². The van der Waals surface area contributed by atoms with Crippen molar-refractivity contribution in [3.8, 4) is 0 Å². The van der Waals surface area contributed by atoms with Gasteiger partial charge in [0.05, 0.1) is 17.2 Å². The van der Waals surface area contributed by atoms with E-state index in [1.165, 1.54) is 12.1 Å². The van der Waals surface area contributed by atoms with E-state index in [0.29, 0.717) is 11.3 Å². The summed E-state index contributed by atoms with van der Waals surface area (Å²) in [5, 5.41) is 9.08. The summed E-state index contributed by atoms with van der Waals surface area (Å²) in [5.41, 5.74) is 3.07. The molecule has 0 spiro atoms. The van der Waals surface area contributed by atoms with Crippen LogP contribution in [0.5, 0.6) is 0 Å². The van der Waals surface area contributed by atoms with E-state index in [0.717, 1.165) is 11.1 Å². The van der Waals surface area contributed by atoms with Gasteiger partial charge in [0, 0.05) is 0 Å². The molecule has 0 heterocycles. The van der Waals surface area contributed by atoms with Gasteiger partial charge in [0.2, 0.25) is 0 Å². The molecule has 5 heteroatoms. The monoisotopic (exact) mass is 291 g/mol. The smallest absolute Gasteiger partial charge is 0.261 e. The third-order valence-corrected chi connectivity index (χ3v) is 4.38. The Labute approximate surface area is 119 Å². The van der Waals surface area contributed by atoms with Gasteiger partial charge in [-0.1, -0.05) is 29.8 Å². The van der Waals surface area contributed by atoms with Crippen LogP contribution < -0.4 is 4.72 Å². The van der Waals surface area contributed by atoms with Crippen molar-refractivity contribution < 1.29 is 13.5 Å². The Bertz CT molecular complexity index is 724. The van der Waals surface area contributed by atoms with Gasteiger partial charge in [-0.25, -0.2) is 8.42 Å². The Balaban J connectivity index is 2.35. The number of aliphatic hydroxyl groups excluding tert-OH is 1. The molecule has 2 rings (SSSR count). The largest absolute Gasteiger partial charge is 0.392 e. The Morgan fingerprint density at radius 2 is 1.85 bits per heavy atom. The second-order valence-corrected chi connectivity index (χ2v) is 6.41. The molecule has 0 radical (unpaired) electrons. The summed E-state index contributed by atoms with van der Waals surface area (Å²) >= 11 is 0. The first kappa shape index (κ1) is 14.6. The highest BCUT2D eigenvalue weighted by Gasteiger charge is 2.15. The lowest BCUT2D eigenvalue weighted by Gasteiger charge is -2.11. The third kappa shape index (κ3) is 3.18. The van der Waals surface area contributed by atoms with Gasteiger partial charge in [0.15, 0.2) is 0 Å². The lowest BCUT2D eigenvalue weighted by atomic mass is 10.1. The highest BCUT2D eigenvalue weighted by molar-refractivity contribution is 7.92. The third-order valence-electron chi connectivity index (χ3n) is 3.02. The second kappa shape index (κ2) is 5.64. The molecule has 2 aromatic rings. The zero-order chi connectivity index (χ0) is 14.8. The van der Waals surface area contributed by atoms with E-state index in [9.17, 15) is 8.42 Å². The van der Waals surface area contributed by atoms with Gasteiger partial charge in [0.25, 0.3) is 10.0 Å². The maximum atomic E-state index is 12.3. The molecule has 0 aromatic heterocycles. The Hall–Kier alpha value is -1.85. The average Bonchev–Trinajstić information content (AvgIpc) is 2.42. The van der Waals surface area contributed by atoms with Crippen molar-refractivity contribution >= 4 is 15.7 Å². The van der Waals surface area contributed by atoms with Crippen LogP contribution in [-0.2, 0) is 16.6 Å². The first-order chi connectivity index (χ1) is 9.42. The highest BCUT2D eigenvalue weighted by Crippen LogP contribution is 2.21. The minimum Gasteiger partial charge on any atom is -0.392 e. The van der Waals surface area contributed by atoms with Gasteiger partial charge in [-0.2, -0.15) is 0 Å². The quantitative estimate of drug-likeness (QED) is 0.910. The van der Waals surface area contributed by atoms with Crippen LogP contribution in [0.4, 0.5) is 5.69 Å². The molecule has 0 aliphatic heterocycles. The molecule has 0 aliphatic carbocycles. The molecular weight excluding hydrogens is 274 g/mol. The SMILES string of the molecule is Cc1ccc(NS(=O)(=O)c2cccc(CO)c2)c(C)c1. The summed E-state index contributed by atoms with van der Waals surface area (Å²) < 4.78 is 27.2. The van der Waals surface area contributed by atoms with Crippen LogP contribution in [0.2, 0.25) is 0 Å². The molecular formula is C15H17NO3S. The van der Waals surface area contributed by atoms with E-state index in [1.54, 1.807) is 18.2 Å². The molecule has 20 heavy (non-hydrogen) atoms. The van der Waals surface area contributed by atoms with Crippen molar-refractivity contribution in [2.24, 2.45) is 0 Å². The van der Waals surface area contributed by atoms with Crippen molar-refractivity contribution in [3.63, 3.8) is 0 Å². The lowest BCUT2D eigenvalue weighted by molar-refractivity contribution is 0.281. The number of hydrogen-bond acceptors (Lipinski definition) is 3. The van der Waals surface area contributed by atoms with E-state index in [1.807, 2.05) is 26.0 Å². The molecule has 0 amide bonds. The predicted octanol–water partition coefficient (Wildman–Crippen LogP) is 2.60. The standard InChI is InChI=1S/C15H17NO3S/c1-11-6-7-15(12(2)8-11)16-20(18,19)14-5-3-4-13(9-14)10-17/h3-9,16-17H,10H2,1-2H3. The van der Waals surface area contributed by atoms with Crippen LogP contribution >= 0.6 is 0 Å². The van der Waals surface area contributed by atoms with Crippen molar-refractivity contribution in [2.45, 2.75) is 25.3 Å². The number of benzene rings is 2. The Morgan fingerprint density at radius 1 is 1.10 bits per heavy atom. The number of aryl methyl sites for hydroxylation is 2. The minimum absolute atomic E-state index is 0.143. The van der Waals surface area contributed by atoms with E-state index < -0.39 is 10.0 Å². The van der Waals surface area contributed by atoms with Gasteiger partial charge in [-0.05, 0) is 43.2 Å². The summed E-state index contributed by atoms with van der Waals surface area (Å²) in [7, 11) is -3.64. The summed E-state index contributed by atoms with van der Waals surface area (Å²) in [6, 6.07) is 11.8. The molecule has 2 aromatic carbocycles. The van der Waals surface area contributed by atoms with Crippen molar-refractivity contribution in [1.29, 1.82) is 0 Å². The van der Waals surface area contributed by atoms with E-state index in [2.05, 4.69) is 4.72 Å². The molecule has 0 bridgehead atoms. The summed E-state index contributed by atoms with van der Waals surface area (Å²) in [6.45, 7) is 3.62. The molecule has 0 fully saturated rings. The normalized spacial score (nSPS) is 11.3. The van der Waals surface area contributed by atoms with Crippen molar-refractivity contribution in [1.82, 2.24) is 0 Å². The first-order valence-electron chi connectivity index (χ1n) is 6.22. The number of aliphatic hydroxyl groups is 1. The van der Waals surface area contributed by atoms with Crippen LogP contribution in [0, 0.1) is 13.8 Å². The molecule has 106 valence electrons. The second-order valence-electron chi connectivity index (χ2n) is 4.73. The molecule has 0 saturated heterocycles. The predicted molar refractivity (Wildman–Crippen MR) is 79.1 cm³/mol. The number of hydrogen-bond donors (Lipinski definition) is 2. The highest BCUT2D eigenvalue weighted by atomic mass is 32.2. The summed E-state index contributed by atoms with van der Waals surface area (Å²) in [4.78, 5) is 0.143. The summed E-state index contributed by atoms with van der Waals surface area (Å²) in [5.74, 6) is 0. The van der Waals surface area contributed by atoms with E-state index in [-0.39, 0.29) is 11.5 Å². The first-order valence-corrected chi connectivity index (χ1v) is 7.70. The maximum absolute atomic E-state index is 12.3. The number of nitrogens with one attached hydrogen (secondary N) is 1. The van der Waals surface area contributed by atoms with Gasteiger partial charge >= 0.3 is 0 Å². The van der Waals surface area contributed by atoms with Crippen LogP contribution in [0.15, 0.2) is 47.4 Å². The molecule has 0 aliphatic rings. The summed E-state index contributed by atoms with van der Waals surface area (Å²) in [6.07, 6.45) is 0. The van der Waals surface area contributed by atoms with Gasteiger partial charge in [-0.15, -0.1) is 0 Å². The van der Waals surface area contributed by atoms with Crippen LogP contribution in [0.25, 0.3) is 0 Å². The number of anilines is 1. The fourth-order valence-electron chi connectivity index (χ4n) is 1.94. The molecule has 0 unspecified atom stereocenters. The van der Waals surface area contributed by atoms with Gasteiger partial charge < -0.3 is 5.11 Å². The number of sulfonamides is 1. The topological polar surface area (TPSA) is 66.4 Å². The zero-order valence-corrected chi connectivity index (χ0v) is 12.2. The number of rotatable bonds is 4. The maximum Gasteiger partial charge on any atom is 0.261 e. The molecule has 0 saturated carbocycles. The molecule has 4 nitrogen and oxygen atoms in total. The van der Waals surface area contributed by atoms with E-state index in [4.69, 9.17) is 5.11 Å². The Kier molecular flexibility index (Phi) is 4.11.